The van der Waals surface area contributed by atoms with E-state index in [4.69, 9.17) is 9.40 Å². The molecule has 1 aliphatic carbocycles. The largest absolute Gasteiger partial charge is 0.501 e. The zero-order valence-electron chi connectivity index (χ0n) is 42.9. The van der Waals surface area contributed by atoms with Gasteiger partial charge in [0.25, 0.3) is 0 Å². The van der Waals surface area contributed by atoms with Gasteiger partial charge < -0.3 is 14.0 Å². The van der Waals surface area contributed by atoms with E-state index in [2.05, 4.69) is 204 Å². The minimum atomic E-state index is -0.705. The summed E-state index contributed by atoms with van der Waals surface area (Å²) in [6, 6.07) is 62.7. The summed E-state index contributed by atoms with van der Waals surface area (Å²) in [6.45, 7) is 15.8. The molecule has 0 bridgehead atoms. The third-order valence-electron chi connectivity index (χ3n) is 14.4. The first-order valence-corrected chi connectivity index (χ1v) is 25.2. The summed E-state index contributed by atoms with van der Waals surface area (Å²) in [4.78, 5) is 9.83. The zero-order chi connectivity index (χ0) is 49.0. The van der Waals surface area contributed by atoms with Crippen LogP contribution in [0.3, 0.4) is 0 Å². The summed E-state index contributed by atoms with van der Waals surface area (Å²) in [7, 11) is 0. The molecule has 0 unspecified atom stereocenters. The van der Waals surface area contributed by atoms with E-state index < -0.39 is 5.89 Å². The Morgan fingerprint density at radius 2 is 1.38 bits per heavy atom. The molecule has 0 atom stereocenters. The van der Waals surface area contributed by atoms with Gasteiger partial charge in [-0.1, -0.05) is 176 Å². The predicted molar refractivity (Wildman–Crippen MR) is 294 cm³/mol. The molecule has 1 radical (unpaired) electrons. The normalized spacial score (nSPS) is 14.0. The molecule has 3 heterocycles. The molecule has 71 heavy (non-hydrogen) atoms. The Labute approximate surface area is 434 Å². The fourth-order valence-electron chi connectivity index (χ4n) is 10.6. The van der Waals surface area contributed by atoms with Crippen molar-refractivity contribution in [3.05, 3.63) is 198 Å². The Balaban J connectivity index is 0.000000300. The van der Waals surface area contributed by atoms with Gasteiger partial charge in [-0.25, -0.2) is 0 Å². The number of para-hydroxylation sites is 2. The van der Waals surface area contributed by atoms with Gasteiger partial charge >= 0.3 is 0 Å². The van der Waals surface area contributed by atoms with Gasteiger partial charge in [-0.2, -0.15) is 0 Å². The van der Waals surface area contributed by atoms with Crippen molar-refractivity contribution in [3.63, 3.8) is 0 Å². The molecule has 11 aromatic rings. The molecule has 1 fully saturated rings. The number of rotatable bonds is 7. The molecule has 3 aromatic heterocycles. The van der Waals surface area contributed by atoms with Gasteiger partial charge in [0.1, 0.15) is 5.58 Å². The van der Waals surface area contributed by atoms with Gasteiger partial charge in [0.2, 0.25) is 0 Å². The molecule has 0 N–H and O–H groups in total. The second kappa shape index (κ2) is 19.9. The number of benzene rings is 8. The molecule has 357 valence electrons. The minimum absolute atomic E-state index is 0. The second-order valence-corrected chi connectivity index (χ2v) is 20.8. The van der Waals surface area contributed by atoms with E-state index in [1.165, 1.54) is 61.5 Å². The summed E-state index contributed by atoms with van der Waals surface area (Å²) in [5, 5.41) is 6.85. The Kier molecular flexibility index (Phi) is 13.1. The maximum absolute atomic E-state index is 9.93. The standard InChI is InChI=1S/C51H45N2O.C15H16N.Ir/c1-31(2)41-28-37(33-15-7-5-8-16-33)29-42(32(3)4)49(41)53-46-22-14-13-21-45(46)52-51(53)40-26-25-39(34-17-9-6-10-18-34)48-44-27-36-24-23-35-19-11-12-20-38(35)43(36)30-47(44)54-50(40)48;1-15(2,3)13-9-10-16-14(11-13)12-7-5-4-6-8-12;/h5,7-8,11-16,19-25,27-32,34H,6,9-10,17-18H2,1-4H3;4-7,9-11H,1-3H3;/q2*-1;/i34D;;. The zero-order valence-corrected chi connectivity index (χ0v) is 44.3. The van der Waals surface area contributed by atoms with Crippen molar-refractivity contribution in [3.8, 4) is 39.5 Å². The number of nitrogens with zero attached hydrogens (tertiary/aromatic N) is 3. The van der Waals surface area contributed by atoms with E-state index in [9.17, 15) is 1.37 Å². The summed E-state index contributed by atoms with van der Waals surface area (Å²) >= 11 is 0. The van der Waals surface area contributed by atoms with Gasteiger partial charge in [-0.15, -0.1) is 53.6 Å². The molecular weight excluding hydrogens is 1040 g/mol. The van der Waals surface area contributed by atoms with Crippen molar-refractivity contribution in [1.29, 1.82) is 0 Å². The quantitative estimate of drug-likeness (QED) is 0.118. The summed E-state index contributed by atoms with van der Waals surface area (Å²) in [6.07, 6.45) is 6.84. The number of fused-ring (bicyclic) bond motifs is 7. The SMILES string of the molecule is CC(C)(C)c1ccnc(-c2[c-]cccc2)c1.[2H]C1(c2c[c-]c(-c3nc4ccccc4n3-c3c(C(C)C)cc(-c4ccccc4)cc3C(C)C)c3oc4cc5c(ccc6ccccc65)cc4c23)CCCCC1.[Ir]. The number of furan rings is 1. The van der Waals surface area contributed by atoms with Crippen LogP contribution in [-0.4, -0.2) is 14.5 Å². The van der Waals surface area contributed by atoms with Crippen molar-refractivity contribution in [1.82, 2.24) is 14.5 Å². The van der Waals surface area contributed by atoms with Gasteiger partial charge in [-0.3, -0.25) is 4.98 Å². The van der Waals surface area contributed by atoms with Crippen LogP contribution in [0.1, 0.15) is 122 Å². The summed E-state index contributed by atoms with van der Waals surface area (Å²) in [5.41, 5.74) is 15.1. The van der Waals surface area contributed by atoms with Gasteiger partial charge in [0.15, 0.2) is 0 Å². The first-order valence-electron chi connectivity index (χ1n) is 25.7. The maximum Gasteiger partial charge on any atom is 0.121 e. The fraction of sp³-hybridized carbons (Fsp3) is 0.242. The first-order chi connectivity index (χ1) is 34.4. The van der Waals surface area contributed by atoms with Crippen LogP contribution in [0.25, 0.3) is 94.0 Å². The van der Waals surface area contributed by atoms with Crippen LogP contribution in [0.4, 0.5) is 0 Å². The molecule has 12 rings (SSSR count). The Morgan fingerprint density at radius 3 is 2.11 bits per heavy atom. The molecule has 1 aliphatic rings. The number of hydrogen-bond donors (Lipinski definition) is 0. The van der Waals surface area contributed by atoms with Gasteiger partial charge in [0, 0.05) is 38.7 Å². The average molecular weight is 1110 g/mol. The number of aromatic nitrogens is 3. The predicted octanol–water partition coefficient (Wildman–Crippen LogP) is 18.5. The van der Waals surface area contributed by atoms with Crippen LogP contribution < -0.4 is 0 Å². The van der Waals surface area contributed by atoms with Crippen LogP contribution in [0.15, 0.2) is 168 Å². The molecule has 0 amide bonds. The summed E-state index contributed by atoms with van der Waals surface area (Å²) in [5.74, 6) is 0.605. The van der Waals surface area contributed by atoms with Crippen LogP contribution in [-0.2, 0) is 25.5 Å². The Morgan fingerprint density at radius 1 is 0.676 bits per heavy atom. The second-order valence-electron chi connectivity index (χ2n) is 20.8. The topological polar surface area (TPSA) is 43.9 Å². The fourth-order valence-corrected chi connectivity index (χ4v) is 10.6. The molecule has 0 saturated heterocycles. The van der Waals surface area contributed by atoms with E-state index in [0.29, 0.717) is 0 Å². The van der Waals surface area contributed by atoms with Crippen LogP contribution >= 0.6 is 0 Å². The van der Waals surface area contributed by atoms with Crippen LogP contribution in [0.5, 0.6) is 0 Å². The third kappa shape index (κ3) is 9.16. The van der Waals surface area contributed by atoms with E-state index in [1.54, 1.807) is 0 Å². The molecule has 8 aromatic carbocycles. The molecule has 4 nitrogen and oxygen atoms in total. The van der Waals surface area contributed by atoms with Gasteiger partial charge in [-0.05, 0) is 121 Å². The van der Waals surface area contributed by atoms with Crippen molar-refractivity contribution in [2.75, 3.05) is 0 Å². The first kappa shape index (κ1) is 46.7. The van der Waals surface area contributed by atoms with E-state index in [1.807, 2.05) is 30.5 Å². The Bertz CT molecular complexity index is 3710. The Hall–Kier alpha value is -6.65. The molecular formula is C66H61IrN3O-2. The molecule has 5 heteroatoms. The van der Waals surface area contributed by atoms with Gasteiger partial charge in [0.05, 0.1) is 22.4 Å². The maximum atomic E-state index is 9.93. The molecule has 1 saturated carbocycles. The van der Waals surface area contributed by atoms with Crippen LogP contribution in [0.2, 0.25) is 0 Å². The van der Waals surface area contributed by atoms with Crippen LogP contribution in [0, 0.1) is 12.1 Å². The van der Waals surface area contributed by atoms with Crippen molar-refractivity contribution < 1.29 is 25.9 Å². The average Bonchev–Trinajstić information content (AvgIpc) is 3.96. The smallest absolute Gasteiger partial charge is 0.121 e. The molecule has 0 aliphatic heterocycles. The number of hydrogen-bond acceptors (Lipinski definition) is 3. The monoisotopic (exact) mass is 1110 g/mol. The van der Waals surface area contributed by atoms with Crippen molar-refractivity contribution in [2.45, 2.75) is 104 Å². The minimum Gasteiger partial charge on any atom is -0.501 e. The number of pyridine rings is 1. The third-order valence-corrected chi connectivity index (χ3v) is 14.4. The van der Waals surface area contributed by atoms with Crippen molar-refractivity contribution >= 4 is 54.5 Å². The number of imidazole rings is 1. The molecule has 0 spiro atoms. The van der Waals surface area contributed by atoms with Crippen molar-refractivity contribution in [2.24, 2.45) is 0 Å². The van der Waals surface area contributed by atoms with E-state index in [0.717, 1.165) is 86.9 Å². The summed E-state index contributed by atoms with van der Waals surface area (Å²) < 4.78 is 19.4. The van der Waals surface area contributed by atoms with E-state index >= 15 is 0 Å². The van der Waals surface area contributed by atoms with E-state index in [-0.39, 0.29) is 37.4 Å².